The molecule has 0 aliphatic heterocycles. The first kappa shape index (κ1) is 20.9. The van der Waals surface area contributed by atoms with E-state index >= 15 is 0 Å². The number of benzene rings is 1. The number of carboxylic acids is 1. The predicted octanol–water partition coefficient (Wildman–Crippen LogP) is 4.29. The van der Waals surface area contributed by atoms with Gasteiger partial charge in [-0.1, -0.05) is 25.1 Å². The number of carbonyl (C=O) groups is 2. The van der Waals surface area contributed by atoms with E-state index < -0.39 is 71.5 Å². The lowest BCUT2D eigenvalue weighted by Gasteiger charge is -2.33. The van der Waals surface area contributed by atoms with Crippen LogP contribution in [0.3, 0.4) is 0 Å². The van der Waals surface area contributed by atoms with Crippen molar-refractivity contribution in [3.8, 4) is 0 Å². The van der Waals surface area contributed by atoms with Crippen molar-refractivity contribution in [2.75, 3.05) is 0 Å². The van der Waals surface area contributed by atoms with Crippen molar-refractivity contribution < 1.29 is 36.6 Å². The lowest BCUT2D eigenvalue weighted by Crippen LogP contribution is -2.35. The van der Waals surface area contributed by atoms with Crippen molar-refractivity contribution in [1.29, 1.82) is 0 Å². The highest BCUT2D eigenvalue weighted by atomic mass is 19.4. The first-order valence-electron chi connectivity index (χ1n) is 8.85. The minimum absolute atomic E-state index is 0.0530. The van der Waals surface area contributed by atoms with Crippen LogP contribution in [0, 0.1) is 0 Å². The first-order chi connectivity index (χ1) is 13.5. The third kappa shape index (κ3) is 3.75. The van der Waals surface area contributed by atoms with Crippen molar-refractivity contribution >= 4 is 11.8 Å². The van der Waals surface area contributed by atoms with Crippen molar-refractivity contribution in [3.05, 3.63) is 52.3 Å². The molecule has 0 fully saturated rings. The number of halogens is 5. The summed E-state index contributed by atoms with van der Waals surface area (Å²) in [5.74, 6) is -7.68. The number of ketones is 1. The van der Waals surface area contributed by atoms with Gasteiger partial charge in [-0.3, -0.25) is 9.48 Å². The number of aromatic nitrogens is 2. The molecule has 1 aliphatic carbocycles. The van der Waals surface area contributed by atoms with E-state index in [-0.39, 0.29) is 12.1 Å². The van der Waals surface area contributed by atoms with Gasteiger partial charge in [0, 0.05) is 24.1 Å². The Morgan fingerprint density at radius 3 is 2.52 bits per heavy atom. The number of fused-ring (bicyclic) bond motifs is 1. The van der Waals surface area contributed by atoms with Crippen molar-refractivity contribution in [1.82, 2.24) is 9.78 Å². The van der Waals surface area contributed by atoms with E-state index in [9.17, 15) is 36.6 Å². The van der Waals surface area contributed by atoms with Gasteiger partial charge in [0.05, 0.1) is 18.0 Å². The molecule has 1 aromatic carbocycles. The molecule has 0 saturated carbocycles. The van der Waals surface area contributed by atoms with E-state index in [1.165, 1.54) is 19.1 Å². The van der Waals surface area contributed by atoms with Crippen LogP contribution in [0.25, 0.3) is 0 Å². The van der Waals surface area contributed by atoms with E-state index in [1.54, 1.807) is 0 Å². The summed E-state index contributed by atoms with van der Waals surface area (Å²) in [5.41, 5.74) is -3.31. The van der Waals surface area contributed by atoms with E-state index in [0.29, 0.717) is 0 Å². The zero-order chi connectivity index (χ0) is 21.6. The van der Waals surface area contributed by atoms with Gasteiger partial charge in [-0.25, -0.2) is 13.6 Å². The maximum Gasteiger partial charge on any atom is 0.435 e. The Kier molecular flexibility index (Phi) is 5.22. The van der Waals surface area contributed by atoms with Crippen molar-refractivity contribution in [2.45, 2.75) is 50.7 Å². The van der Waals surface area contributed by atoms with Crippen LogP contribution in [0.2, 0.25) is 0 Å². The molecule has 3 rings (SSSR count). The van der Waals surface area contributed by atoms with Crippen LogP contribution in [-0.4, -0.2) is 32.6 Å². The van der Waals surface area contributed by atoms with Crippen LogP contribution in [0.5, 0.6) is 0 Å². The fourth-order valence-electron chi connectivity index (χ4n) is 3.66. The number of alkyl halides is 5. The minimum Gasteiger partial charge on any atom is -0.478 e. The highest BCUT2D eigenvalue weighted by Gasteiger charge is 2.53. The molecule has 0 spiro atoms. The zero-order valence-corrected chi connectivity index (χ0v) is 15.3. The fourth-order valence-corrected chi connectivity index (χ4v) is 3.66. The standard InChI is InChI=1S/C19H17F5N2O3/c1-2-10(27)9-26-13-7-8-18(20,21)15(14(13)16(25-26)19(22,23)24)11-5-3-4-6-12(11)17(28)29/h3-6,15H,2,7-9H2,1H3,(H,28,29)/t15-/m0/s1. The van der Waals surface area contributed by atoms with Crippen LogP contribution >= 0.6 is 0 Å². The molecule has 0 unspecified atom stereocenters. The lowest BCUT2D eigenvalue weighted by atomic mass is 9.76. The quantitative estimate of drug-likeness (QED) is 0.738. The Balaban J connectivity index is 2.31. The third-order valence-electron chi connectivity index (χ3n) is 5.00. The largest absolute Gasteiger partial charge is 0.478 e. The van der Waals surface area contributed by atoms with Crippen LogP contribution in [-0.2, 0) is 23.9 Å². The molecular weight excluding hydrogens is 399 g/mol. The van der Waals surface area contributed by atoms with Crippen LogP contribution in [0.15, 0.2) is 24.3 Å². The van der Waals surface area contributed by atoms with E-state index in [1.807, 2.05) is 0 Å². The molecule has 1 aromatic heterocycles. The highest BCUT2D eigenvalue weighted by Crippen LogP contribution is 2.51. The Labute approximate surface area is 162 Å². The summed E-state index contributed by atoms with van der Waals surface area (Å²) in [6, 6.07) is 4.76. The molecule has 2 aromatic rings. The monoisotopic (exact) mass is 416 g/mol. The molecule has 5 nitrogen and oxygen atoms in total. The normalized spacial score (nSPS) is 18.3. The Morgan fingerprint density at radius 1 is 1.28 bits per heavy atom. The maximum atomic E-state index is 14.9. The summed E-state index contributed by atoms with van der Waals surface area (Å²) in [6.45, 7) is 1.07. The summed E-state index contributed by atoms with van der Waals surface area (Å²) in [4.78, 5) is 23.3. The number of hydrogen-bond acceptors (Lipinski definition) is 3. The molecule has 0 amide bonds. The van der Waals surface area contributed by atoms with Gasteiger partial charge in [0.1, 0.15) is 0 Å². The molecule has 0 saturated heterocycles. The number of hydrogen-bond donors (Lipinski definition) is 1. The molecule has 156 valence electrons. The molecule has 10 heteroatoms. The second-order valence-corrected chi connectivity index (χ2v) is 6.84. The van der Waals surface area contributed by atoms with Gasteiger partial charge in [-0.05, 0) is 18.1 Å². The second-order valence-electron chi connectivity index (χ2n) is 6.84. The predicted molar refractivity (Wildman–Crippen MR) is 91.0 cm³/mol. The van der Waals surface area contributed by atoms with Gasteiger partial charge in [0.15, 0.2) is 11.5 Å². The number of aromatic carboxylic acids is 1. The minimum atomic E-state index is -5.05. The summed E-state index contributed by atoms with van der Waals surface area (Å²) in [7, 11) is 0. The molecule has 1 N–H and O–H groups in total. The first-order valence-corrected chi connectivity index (χ1v) is 8.85. The Bertz CT molecular complexity index is 965. The van der Waals surface area contributed by atoms with Crippen LogP contribution in [0.1, 0.15) is 58.6 Å². The third-order valence-corrected chi connectivity index (χ3v) is 5.00. The molecule has 1 heterocycles. The number of carbonyl (C=O) groups excluding carboxylic acids is 1. The van der Waals surface area contributed by atoms with Crippen LogP contribution < -0.4 is 0 Å². The van der Waals surface area contributed by atoms with E-state index in [0.717, 1.165) is 16.8 Å². The summed E-state index contributed by atoms with van der Waals surface area (Å²) in [6.07, 6.45) is -6.19. The van der Waals surface area contributed by atoms with Gasteiger partial charge < -0.3 is 5.11 Å². The van der Waals surface area contributed by atoms with Crippen molar-refractivity contribution in [3.63, 3.8) is 0 Å². The summed E-state index contributed by atoms with van der Waals surface area (Å²) in [5, 5.41) is 12.8. The van der Waals surface area contributed by atoms with E-state index in [4.69, 9.17) is 0 Å². The van der Waals surface area contributed by atoms with Gasteiger partial charge in [-0.15, -0.1) is 0 Å². The van der Waals surface area contributed by atoms with Gasteiger partial charge >= 0.3 is 12.1 Å². The zero-order valence-electron chi connectivity index (χ0n) is 15.3. The molecule has 1 atom stereocenters. The fraction of sp³-hybridized carbons (Fsp3) is 0.421. The number of Topliss-reactive ketones (excluding diaryl/α,β-unsaturated/α-hetero) is 1. The summed E-state index contributed by atoms with van der Waals surface area (Å²) >= 11 is 0. The van der Waals surface area contributed by atoms with Gasteiger partial charge in [-0.2, -0.15) is 18.3 Å². The average molecular weight is 416 g/mol. The van der Waals surface area contributed by atoms with Gasteiger partial charge in [0.25, 0.3) is 5.92 Å². The topological polar surface area (TPSA) is 72.2 Å². The second kappa shape index (κ2) is 7.23. The molecule has 0 radical (unpaired) electrons. The molecule has 29 heavy (non-hydrogen) atoms. The lowest BCUT2D eigenvalue weighted by molar-refractivity contribution is -0.143. The van der Waals surface area contributed by atoms with E-state index in [2.05, 4.69) is 5.10 Å². The van der Waals surface area contributed by atoms with Crippen molar-refractivity contribution in [2.24, 2.45) is 0 Å². The molecule has 1 aliphatic rings. The highest BCUT2D eigenvalue weighted by molar-refractivity contribution is 5.90. The van der Waals surface area contributed by atoms with Crippen LogP contribution in [0.4, 0.5) is 22.0 Å². The molecule has 0 bridgehead atoms. The number of carboxylic acid groups (broad SMARTS) is 1. The Morgan fingerprint density at radius 2 is 1.93 bits per heavy atom. The van der Waals surface area contributed by atoms with Gasteiger partial charge in [0.2, 0.25) is 0 Å². The maximum absolute atomic E-state index is 14.9. The number of nitrogens with zero attached hydrogens (tertiary/aromatic N) is 2. The number of rotatable bonds is 5. The summed E-state index contributed by atoms with van der Waals surface area (Å²) < 4.78 is 71.7. The Hall–Kier alpha value is -2.78. The average Bonchev–Trinajstić information content (AvgIpc) is 2.99. The SMILES string of the molecule is CCC(=O)Cn1nc(C(F)(F)F)c2c1CCC(F)(F)[C@H]2c1ccccc1C(=O)O. The smallest absolute Gasteiger partial charge is 0.435 e. The molecular formula is C19H17F5N2O3.